The largest absolute Gasteiger partial charge is 0.497 e. The molecule has 1 N–H and O–H groups in total. The van der Waals surface area contributed by atoms with E-state index in [1.165, 1.54) is 0 Å². The number of aryl methyl sites for hydroxylation is 2. The van der Waals surface area contributed by atoms with Gasteiger partial charge in [-0.05, 0) is 61.4 Å². The van der Waals surface area contributed by atoms with E-state index >= 15 is 0 Å². The van der Waals surface area contributed by atoms with E-state index < -0.39 is 10.0 Å². The summed E-state index contributed by atoms with van der Waals surface area (Å²) >= 11 is 0. The molecule has 25 heavy (non-hydrogen) atoms. The van der Waals surface area contributed by atoms with Crippen LogP contribution in [0.3, 0.4) is 0 Å². The summed E-state index contributed by atoms with van der Waals surface area (Å²) in [6.07, 6.45) is 0. The standard InChI is InChI=1S/C18H23NO5S/c1-13-12-18(14(2)11-17(13)23-4)25(20,21)19-9-10-24-16-7-5-15(22-3)6-8-16/h5-8,11-12,19H,9-10H2,1-4H3. The number of hydrogen-bond acceptors (Lipinski definition) is 5. The van der Waals surface area contributed by atoms with Crippen molar-refractivity contribution in [3.05, 3.63) is 47.5 Å². The van der Waals surface area contributed by atoms with Gasteiger partial charge in [0.05, 0.1) is 19.1 Å². The van der Waals surface area contributed by atoms with E-state index in [1.807, 2.05) is 6.92 Å². The van der Waals surface area contributed by atoms with Gasteiger partial charge in [0, 0.05) is 6.54 Å². The van der Waals surface area contributed by atoms with Gasteiger partial charge in [0.15, 0.2) is 0 Å². The number of methoxy groups -OCH3 is 2. The molecule has 0 heterocycles. The molecule has 0 fully saturated rings. The first-order chi connectivity index (χ1) is 11.9. The van der Waals surface area contributed by atoms with Crippen molar-refractivity contribution in [2.75, 3.05) is 27.4 Å². The quantitative estimate of drug-likeness (QED) is 0.728. The Balaban J connectivity index is 1.96. The van der Waals surface area contributed by atoms with Gasteiger partial charge >= 0.3 is 0 Å². The van der Waals surface area contributed by atoms with Crippen LogP contribution in [0, 0.1) is 13.8 Å². The Hall–Kier alpha value is -2.25. The molecule has 6 nitrogen and oxygen atoms in total. The van der Waals surface area contributed by atoms with Gasteiger partial charge < -0.3 is 14.2 Å². The molecule has 0 radical (unpaired) electrons. The minimum atomic E-state index is -3.61. The average Bonchev–Trinajstić information content (AvgIpc) is 2.60. The van der Waals surface area contributed by atoms with Crippen molar-refractivity contribution < 1.29 is 22.6 Å². The van der Waals surface area contributed by atoms with E-state index in [2.05, 4.69) is 4.72 Å². The highest BCUT2D eigenvalue weighted by Gasteiger charge is 2.18. The molecule has 0 aliphatic heterocycles. The maximum absolute atomic E-state index is 12.5. The van der Waals surface area contributed by atoms with Crippen LogP contribution in [0.1, 0.15) is 11.1 Å². The molecule has 0 aliphatic rings. The van der Waals surface area contributed by atoms with Crippen LogP contribution in [0.25, 0.3) is 0 Å². The maximum Gasteiger partial charge on any atom is 0.240 e. The molecule has 0 aliphatic carbocycles. The molecule has 0 saturated heterocycles. The molecule has 0 bridgehead atoms. The molecular formula is C18H23NO5S. The second kappa shape index (κ2) is 8.22. The zero-order valence-electron chi connectivity index (χ0n) is 14.8. The molecule has 0 amide bonds. The summed E-state index contributed by atoms with van der Waals surface area (Å²) in [6.45, 7) is 3.94. The second-order valence-electron chi connectivity index (χ2n) is 5.51. The Morgan fingerprint density at radius 3 is 2.16 bits per heavy atom. The molecule has 2 aromatic rings. The number of ether oxygens (including phenoxy) is 3. The first-order valence-electron chi connectivity index (χ1n) is 7.79. The van der Waals surface area contributed by atoms with Gasteiger partial charge in [0.25, 0.3) is 0 Å². The number of rotatable bonds is 8. The normalized spacial score (nSPS) is 11.2. The SMILES string of the molecule is COc1ccc(OCCNS(=O)(=O)c2cc(C)c(OC)cc2C)cc1. The molecule has 2 rings (SSSR count). The van der Waals surface area contributed by atoms with E-state index in [4.69, 9.17) is 14.2 Å². The van der Waals surface area contributed by atoms with E-state index in [0.717, 1.165) is 11.3 Å². The van der Waals surface area contributed by atoms with Crippen LogP contribution in [0.15, 0.2) is 41.3 Å². The average molecular weight is 365 g/mol. The van der Waals surface area contributed by atoms with Crippen molar-refractivity contribution in [2.24, 2.45) is 0 Å². The van der Waals surface area contributed by atoms with Gasteiger partial charge in [-0.15, -0.1) is 0 Å². The summed E-state index contributed by atoms with van der Waals surface area (Å²) in [4.78, 5) is 0.246. The third-order valence-electron chi connectivity index (χ3n) is 3.70. The molecule has 0 spiro atoms. The summed E-state index contributed by atoms with van der Waals surface area (Å²) < 4.78 is 43.3. The summed E-state index contributed by atoms with van der Waals surface area (Å²) in [7, 11) is -0.458. The van der Waals surface area contributed by atoms with Crippen LogP contribution in [-0.2, 0) is 10.0 Å². The van der Waals surface area contributed by atoms with Gasteiger partial charge in [-0.3, -0.25) is 0 Å². The summed E-state index contributed by atoms with van der Waals surface area (Å²) in [6, 6.07) is 10.4. The van der Waals surface area contributed by atoms with Gasteiger partial charge in [-0.25, -0.2) is 13.1 Å². The summed E-state index contributed by atoms with van der Waals surface area (Å²) in [5.41, 5.74) is 1.40. The Morgan fingerprint density at radius 1 is 0.920 bits per heavy atom. The van der Waals surface area contributed by atoms with Crippen LogP contribution in [0.2, 0.25) is 0 Å². The molecule has 0 saturated carbocycles. The van der Waals surface area contributed by atoms with Crippen LogP contribution in [0.5, 0.6) is 17.2 Å². The highest BCUT2D eigenvalue weighted by atomic mass is 32.2. The van der Waals surface area contributed by atoms with E-state index in [1.54, 1.807) is 57.5 Å². The third kappa shape index (κ3) is 4.87. The van der Waals surface area contributed by atoms with Crippen molar-refractivity contribution >= 4 is 10.0 Å². The Bertz CT molecular complexity index is 816. The molecule has 0 unspecified atom stereocenters. The minimum Gasteiger partial charge on any atom is -0.497 e. The van der Waals surface area contributed by atoms with Crippen molar-refractivity contribution in [3.63, 3.8) is 0 Å². The molecule has 7 heteroatoms. The van der Waals surface area contributed by atoms with Gasteiger partial charge in [-0.2, -0.15) is 0 Å². The highest BCUT2D eigenvalue weighted by molar-refractivity contribution is 7.89. The zero-order valence-corrected chi connectivity index (χ0v) is 15.6. The number of hydrogen-bond donors (Lipinski definition) is 1. The lowest BCUT2D eigenvalue weighted by atomic mass is 10.1. The van der Waals surface area contributed by atoms with Gasteiger partial charge in [0.1, 0.15) is 23.9 Å². The lowest BCUT2D eigenvalue weighted by molar-refractivity contribution is 0.322. The van der Waals surface area contributed by atoms with E-state index in [9.17, 15) is 8.42 Å². The third-order valence-corrected chi connectivity index (χ3v) is 5.31. The minimum absolute atomic E-state index is 0.166. The fourth-order valence-corrected chi connectivity index (χ4v) is 3.69. The molecule has 0 atom stereocenters. The molecule has 0 aromatic heterocycles. The fraction of sp³-hybridized carbons (Fsp3) is 0.333. The maximum atomic E-state index is 12.5. The number of sulfonamides is 1. The van der Waals surface area contributed by atoms with Crippen LogP contribution in [0.4, 0.5) is 0 Å². The Morgan fingerprint density at radius 2 is 1.56 bits per heavy atom. The van der Waals surface area contributed by atoms with Crippen LogP contribution >= 0.6 is 0 Å². The highest BCUT2D eigenvalue weighted by Crippen LogP contribution is 2.25. The zero-order chi connectivity index (χ0) is 18.4. The van der Waals surface area contributed by atoms with Crippen molar-refractivity contribution in [1.29, 1.82) is 0 Å². The van der Waals surface area contributed by atoms with E-state index in [0.29, 0.717) is 17.1 Å². The topological polar surface area (TPSA) is 73.9 Å². The lowest BCUT2D eigenvalue weighted by Gasteiger charge is -2.13. The van der Waals surface area contributed by atoms with Gasteiger partial charge in [0.2, 0.25) is 10.0 Å². The first-order valence-corrected chi connectivity index (χ1v) is 9.27. The fourth-order valence-electron chi connectivity index (χ4n) is 2.37. The number of benzene rings is 2. The van der Waals surface area contributed by atoms with Crippen molar-refractivity contribution in [2.45, 2.75) is 18.7 Å². The van der Waals surface area contributed by atoms with Crippen LogP contribution in [-0.4, -0.2) is 35.8 Å². The molecule has 136 valence electrons. The van der Waals surface area contributed by atoms with Gasteiger partial charge in [-0.1, -0.05) is 0 Å². The predicted molar refractivity (Wildman–Crippen MR) is 96.1 cm³/mol. The smallest absolute Gasteiger partial charge is 0.240 e. The Labute approximate surface area is 148 Å². The number of nitrogens with one attached hydrogen (secondary N) is 1. The van der Waals surface area contributed by atoms with Crippen molar-refractivity contribution in [1.82, 2.24) is 4.72 Å². The summed E-state index contributed by atoms with van der Waals surface area (Å²) in [5, 5.41) is 0. The Kier molecular flexibility index (Phi) is 6.27. The van der Waals surface area contributed by atoms with Crippen LogP contribution < -0.4 is 18.9 Å². The van der Waals surface area contributed by atoms with E-state index in [-0.39, 0.29) is 18.0 Å². The molecular weight excluding hydrogens is 342 g/mol. The lowest BCUT2D eigenvalue weighted by Crippen LogP contribution is -2.29. The first kappa shape index (κ1) is 19.1. The van der Waals surface area contributed by atoms with Crippen molar-refractivity contribution in [3.8, 4) is 17.2 Å². The monoisotopic (exact) mass is 365 g/mol. The summed E-state index contributed by atoms with van der Waals surface area (Å²) in [5.74, 6) is 2.05. The molecule has 2 aromatic carbocycles. The second-order valence-corrected chi connectivity index (χ2v) is 7.24. The predicted octanol–water partition coefficient (Wildman–Crippen LogP) is 2.68.